The lowest BCUT2D eigenvalue weighted by atomic mass is 9.63. The minimum atomic E-state index is 0.611. The van der Waals surface area contributed by atoms with E-state index >= 15 is 0 Å². The first-order chi connectivity index (χ1) is 4.36. The van der Waals surface area contributed by atoms with Crippen molar-refractivity contribution in [3.8, 4) is 0 Å². The summed E-state index contributed by atoms with van der Waals surface area (Å²) >= 11 is 0. The molecular formula is C8H13N. The van der Waals surface area contributed by atoms with Gasteiger partial charge in [-0.2, -0.15) is 0 Å². The minimum Gasteiger partial charge on any atom is -0.327 e. The van der Waals surface area contributed by atoms with E-state index in [9.17, 15) is 0 Å². The van der Waals surface area contributed by atoms with E-state index in [1.54, 1.807) is 0 Å². The highest BCUT2D eigenvalue weighted by Crippen LogP contribution is 2.62. The SMILES string of the molecule is NC1C2CC(C2)C2CC12. The molecule has 50 valence electrons. The van der Waals surface area contributed by atoms with Crippen LogP contribution in [0.15, 0.2) is 0 Å². The largest absolute Gasteiger partial charge is 0.327 e. The molecular weight excluding hydrogens is 110 g/mol. The second kappa shape index (κ2) is 1.20. The Balaban J connectivity index is 1.91. The summed E-state index contributed by atoms with van der Waals surface area (Å²) in [6.07, 6.45) is 4.42. The van der Waals surface area contributed by atoms with Gasteiger partial charge in [-0.25, -0.2) is 0 Å². The van der Waals surface area contributed by atoms with Crippen LogP contribution in [0, 0.1) is 23.7 Å². The third-order valence-corrected chi connectivity index (χ3v) is 3.75. The van der Waals surface area contributed by atoms with Gasteiger partial charge in [0, 0.05) is 6.04 Å². The van der Waals surface area contributed by atoms with Gasteiger partial charge in [-0.15, -0.1) is 0 Å². The van der Waals surface area contributed by atoms with Crippen LogP contribution in [0.3, 0.4) is 0 Å². The maximum atomic E-state index is 6.00. The van der Waals surface area contributed by atoms with E-state index in [0.29, 0.717) is 6.04 Å². The molecule has 0 aromatic rings. The molecule has 2 N–H and O–H groups in total. The predicted octanol–water partition coefficient (Wildman–Crippen LogP) is 0.990. The third kappa shape index (κ3) is 0.420. The molecule has 0 amide bonds. The van der Waals surface area contributed by atoms with Crippen molar-refractivity contribution in [1.82, 2.24) is 0 Å². The first-order valence-electron chi connectivity index (χ1n) is 4.12. The Morgan fingerprint density at radius 1 is 0.889 bits per heavy atom. The van der Waals surface area contributed by atoms with Crippen LogP contribution in [0.5, 0.6) is 0 Å². The molecule has 1 nitrogen and oxygen atoms in total. The maximum Gasteiger partial charge on any atom is 0.00986 e. The van der Waals surface area contributed by atoms with Gasteiger partial charge in [0.2, 0.25) is 0 Å². The lowest BCUT2D eigenvalue weighted by Gasteiger charge is -2.44. The van der Waals surface area contributed by atoms with E-state index in [-0.39, 0.29) is 0 Å². The van der Waals surface area contributed by atoms with Crippen molar-refractivity contribution >= 4 is 0 Å². The van der Waals surface area contributed by atoms with Crippen molar-refractivity contribution in [2.24, 2.45) is 29.4 Å². The highest BCUT2D eigenvalue weighted by atomic mass is 14.8. The highest BCUT2D eigenvalue weighted by Gasteiger charge is 2.58. The van der Waals surface area contributed by atoms with Gasteiger partial charge in [-0.3, -0.25) is 0 Å². The van der Waals surface area contributed by atoms with Crippen molar-refractivity contribution in [2.75, 3.05) is 0 Å². The number of hydrogen-bond donors (Lipinski definition) is 1. The summed E-state index contributed by atoms with van der Waals surface area (Å²) < 4.78 is 0. The molecule has 0 aliphatic heterocycles. The quantitative estimate of drug-likeness (QED) is 0.510. The van der Waals surface area contributed by atoms with Crippen molar-refractivity contribution in [3.63, 3.8) is 0 Å². The van der Waals surface area contributed by atoms with Gasteiger partial charge in [-0.05, 0) is 42.9 Å². The molecule has 4 rings (SSSR count). The molecule has 2 bridgehead atoms. The van der Waals surface area contributed by atoms with E-state index < -0.39 is 0 Å². The molecule has 4 aliphatic carbocycles. The first-order valence-corrected chi connectivity index (χ1v) is 4.12. The Labute approximate surface area is 55.6 Å². The molecule has 4 aliphatic rings. The van der Waals surface area contributed by atoms with Gasteiger partial charge in [0.05, 0.1) is 0 Å². The van der Waals surface area contributed by atoms with Crippen LogP contribution >= 0.6 is 0 Å². The Morgan fingerprint density at radius 3 is 2.22 bits per heavy atom. The zero-order chi connectivity index (χ0) is 6.01. The molecule has 3 atom stereocenters. The molecule has 4 saturated carbocycles. The average Bonchev–Trinajstić information content (AvgIpc) is 2.38. The highest BCUT2D eigenvalue weighted by molar-refractivity contribution is 5.10. The molecule has 1 heteroatoms. The summed E-state index contributed by atoms with van der Waals surface area (Å²) in [5.74, 6) is 4.13. The summed E-state index contributed by atoms with van der Waals surface area (Å²) in [5, 5.41) is 0. The summed E-state index contributed by atoms with van der Waals surface area (Å²) in [6.45, 7) is 0. The molecule has 0 radical (unpaired) electrons. The average molecular weight is 123 g/mol. The second-order valence-electron chi connectivity index (χ2n) is 4.13. The minimum absolute atomic E-state index is 0.611. The number of rotatable bonds is 0. The van der Waals surface area contributed by atoms with Crippen LogP contribution in [-0.2, 0) is 0 Å². The van der Waals surface area contributed by atoms with Crippen LogP contribution in [-0.4, -0.2) is 6.04 Å². The fraction of sp³-hybridized carbons (Fsp3) is 1.00. The molecule has 0 spiro atoms. The fourth-order valence-corrected chi connectivity index (χ4v) is 2.94. The summed E-state index contributed by atoms with van der Waals surface area (Å²) in [6, 6.07) is 0.611. The van der Waals surface area contributed by atoms with Crippen molar-refractivity contribution < 1.29 is 0 Å². The molecule has 0 saturated heterocycles. The molecule has 0 aromatic heterocycles. The maximum absolute atomic E-state index is 6.00. The number of nitrogens with two attached hydrogens (primary N) is 1. The standard InChI is InChI=1S/C8H13N/c9-8-5-1-4(2-5)6-3-7(6)8/h4-8H,1-3,9H2. The van der Waals surface area contributed by atoms with Gasteiger partial charge in [0.25, 0.3) is 0 Å². The van der Waals surface area contributed by atoms with Gasteiger partial charge < -0.3 is 5.73 Å². The van der Waals surface area contributed by atoms with Crippen LogP contribution in [0.4, 0.5) is 0 Å². The van der Waals surface area contributed by atoms with E-state index in [1.165, 1.54) is 19.3 Å². The zero-order valence-corrected chi connectivity index (χ0v) is 5.59. The van der Waals surface area contributed by atoms with Crippen LogP contribution < -0.4 is 5.73 Å². The van der Waals surface area contributed by atoms with E-state index in [1.807, 2.05) is 0 Å². The molecule has 3 unspecified atom stereocenters. The van der Waals surface area contributed by atoms with Crippen LogP contribution in [0.1, 0.15) is 19.3 Å². The molecule has 9 heavy (non-hydrogen) atoms. The third-order valence-electron chi connectivity index (χ3n) is 3.75. The van der Waals surface area contributed by atoms with Crippen LogP contribution in [0.2, 0.25) is 0 Å². The zero-order valence-electron chi connectivity index (χ0n) is 5.59. The Hall–Kier alpha value is -0.0400. The molecule has 0 heterocycles. The Kier molecular flexibility index (Phi) is 0.628. The van der Waals surface area contributed by atoms with Crippen LogP contribution in [0.25, 0.3) is 0 Å². The lowest BCUT2D eigenvalue weighted by Crippen LogP contribution is -2.46. The summed E-state index contributed by atoms with van der Waals surface area (Å²) in [4.78, 5) is 0. The van der Waals surface area contributed by atoms with Gasteiger partial charge in [0.15, 0.2) is 0 Å². The van der Waals surface area contributed by atoms with E-state index in [4.69, 9.17) is 5.73 Å². The van der Waals surface area contributed by atoms with Crippen molar-refractivity contribution in [1.29, 1.82) is 0 Å². The Morgan fingerprint density at radius 2 is 1.67 bits per heavy atom. The predicted molar refractivity (Wildman–Crippen MR) is 35.8 cm³/mol. The summed E-state index contributed by atoms with van der Waals surface area (Å²) in [5.41, 5.74) is 6.00. The van der Waals surface area contributed by atoms with Crippen molar-refractivity contribution in [2.45, 2.75) is 25.3 Å². The first kappa shape index (κ1) is 4.73. The monoisotopic (exact) mass is 123 g/mol. The van der Waals surface area contributed by atoms with Gasteiger partial charge >= 0.3 is 0 Å². The summed E-state index contributed by atoms with van der Waals surface area (Å²) in [7, 11) is 0. The number of hydrogen-bond acceptors (Lipinski definition) is 1. The normalized spacial score (nSPS) is 68.3. The lowest BCUT2D eigenvalue weighted by molar-refractivity contribution is 0.0797. The molecule has 4 fully saturated rings. The van der Waals surface area contributed by atoms with E-state index in [0.717, 1.165) is 23.7 Å². The smallest absolute Gasteiger partial charge is 0.00986 e. The van der Waals surface area contributed by atoms with Crippen molar-refractivity contribution in [3.05, 3.63) is 0 Å². The fourth-order valence-electron chi connectivity index (χ4n) is 2.94. The van der Waals surface area contributed by atoms with E-state index in [2.05, 4.69) is 0 Å². The van der Waals surface area contributed by atoms with Gasteiger partial charge in [0.1, 0.15) is 0 Å². The second-order valence-corrected chi connectivity index (χ2v) is 4.13. The topological polar surface area (TPSA) is 26.0 Å². The Bertz CT molecular complexity index is 145. The van der Waals surface area contributed by atoms with Gasteiger partial charge in [-0.1, -0.05) is 0 Å². The molecule has 0 aromatic carbocycles.